The number of rotatable bonds is 2. The molecule has 0 saturated carbocycles. The molecule has 2 aromatic rings. The summed E-state index contributed by atoms with van der Waals surface area (Å²) in [5.74, 6) is 0.227. The monoisotopic (exact) mass is 390 g/mol. The number of benzene rings is 1. The number of aromatic nitrogens is 3. The van der Waals surface area contributed by atoms with Gasteiger partial charge in [-0.05, 0) is 28.1 Å². The minimum atomic E-state index is -0.456. The fourth-order valence-corrected chi connectivity index (χ4v) is 2.32. The van der Waals surface area contributed by atoms with Crippen LogP contribution in [-0.2, 0) is 5.41 Å². The van der Waals surface area contributed by atoms with E-state index in [1.165, 1.54) is 0 Å². The van der Waals surface area contributed by atoms with Crippen LogP contribution >= 0.6 is 39.1 Å². The highest BCUT2D eigenvalue weighted by Gasteiger charge is 2.22. The number of hydrogen-bond donors (Lipinski definition) is 2. The van der Waals surface area contributed by atoms with Gasteiger partial charge >= 0.3 is 0 Å². The molecule has 0 aliphatic carbocycles. The Kier molecular flexibility index (Phi) is 4.60. The molecule has 0 fully saturated rings. The van der Waals surface area contributed by atoms with Gasteiger partial charge in [0.25, 0.3) is 5.91 Å². The Bertz CT molecular complexity index is 694. The molecule has 5 nitrogen and oxygen atoms in total. The van der Waals surface area contributed by atoms with Crippen molar-refractivity contribution in [3.8, 4) is 0 Å². The smallest absolute Gasteiger partial charge is 0.295 e. The van der Waals surface area contributed by atoms with Crippen LogP contribution in [0.3, 0.4) is 0 Å². The molecule has 0 bridgehead atoms. The zero-order valence-corrected chi connectivity index (χ0v) is 14.7. The molecule has 1 amide bonds. The van der Waals surface area contributed by atoms with E-state index in [2.05, 4.69) is 36.4 Å². The van der Waals surface area contributed by atoms with Crippen molar-refractivity contribution in [1.29, 1.82) is 0 Å². The quantitative estimate of drug-likeness (QED) is 0.744. The Balaban J connectivity index is 2.23. The van der Waals surface area contributed by atoms with Gasteiger partial charge in [-0.25, -0.2) is 4.98 Å². The Hall–Kier alpha value is -1.11. The summed E-state index contributed by atoms with van der Waals surface area (Å²) in [6, 6.07) is 3.34. The third-order valence-electron chi connectivity index (χ3n) is 2.68. The van der Waals surface area contributed by atoms with Gasteiger partial charge in [-0.15, -0.1) is 5.10 Å². The van der Waals surface area contributed by atoms with E-state index < -0.39 is 5.91 Å². The standard InChI is InChI=1S/C13H13BrCl2N4O/c1-13(2,3)12-18-10(19-20-12)11(21)17-7-5-4-6(14)8(15)9(7)16/h4-5H,1-3H3,(H,17,21)(H,18,19,20). The largest absolute Gasteiger partial charge is 0.318 e. The summed E-state index contributed by atoms with van der Waals surface area (Å²) in [5.41, 5.74) is 0.182. The molecule has 0 spiro atoms. The first-order valence-corrected chi connectivity index (χ1v) is 7.63. The number of carbonyl (C=O) groups excluding carboxylic acids is 1. The van der Waals surface area contributed by atoms with E-state index in [9.17, 15) is 4.79 Å². The van der Waals surface area contributed by atoms with Gasteiger partial charge in [0.1, 0.15) is 5.82 Å². The third kappa shape index (κ3) is 3.56. The van der Waals surface area contributed by atoms with Crippen molar-refractivity contribution in [1.82, 2.24) is 15.2 Å². The van der Waals surface area contributed by atoms with Crippen molar-refractivity contribution in [2.45, 2.75) is 26.2 Å². The van der Waals surface area contributed by atoms with Gasteiger partial charge < -0.3 is 5.32 Å². The van der Waals surface area contributed by atoms with E-state index >= 15 is 0 Å². The van der Waals surface area contributed by atoms with Gasteiger partial charge in [0.15, 0.2) is 0 Å². The van der Waals surface area contributed by atoms with Gasteiger partial charge in [0.2, 0.25) is 5.82 Å². The average molecular weight is 392 g/mol. The lowest BCUT2D eigenvalue weighted by Gasteiger charge is -2.12. The second-order valence-electron chi connectivity index (χ2n) is 5.43. The molecule has 0 atom stereocenters. The number of anilines is 1. The summed E-state index contributed by atoms with van der Waals surface area (Å²) in [6.07, 6.45) is 0. The summed E-state index contributed by atoms with van der Waals surface area (Å²) >= 11 is 15.3. The van der Waals surface area contributed by atoms with Crippen LogP contribution in [0.4, 0.5) is 5.69 Å². The molecule has 0 aliphatic heterocycles. The molecule has 0 unspecified atom stereocenters. The zero-order chi connectivity index (χ0) is 15.8. The summed E-state index contributed by atoms with van der Waals surface area (Å²) in [6.45, 7) is 5.92. The van der Waals surface area contributed by atoms with Gasteiger partial charge in [0.05, 0.1) is 15.7 Å². The molecule has 112 valence electrons. The van der Waals surface area contributed by atoms with E-state index in [0.29, 0.717) is 21.0 Å². The van der Waals surface area contributed by atoms with Crippen LogP contribution in [0.15, 0.2) is 16.6 Å². The van der Waals surface area contributed by atoms with E-state index in [4.69, 9.17) is 23.2 Å². The zero-order valence-electron chi connectivity index (χ0n) is 11.6. The second kappa shape index (κ2) is 5.94. The SMILES string of the molecule is CC(C)(C)c1nc(C(=O)Nc2ccc(Br)c(Cl)c2Cl)n[nH]1. The average Bonchev–Trinajstić information content (AvgIpc) is 2.89. The Labute approximate surface area is 140 Å². The number of nitrogens with one attached hydrogen (secondary N) is 2. The van der Waals surface area contributed by atoms with Gasteiger partial charge in [-0.3, -0.25) is 9.89 Å². The third-order valence-corrected chi connectivity index (χ3v) is 4.45. The first-order chi connectivity index (χ1) is 9.70. The van der Waals surface area contributed by atoms with Crippen LogP contribution in [0.5, 0.6) is 0 Å². The number of aromatic amines is 1. The summed E-state index contributed by atoms with van der Waals surface area (Å²) in [4.78, 5) is 16.3. The molecule has 2 N–H and O–H groups in total. The summed E-state index contributed by atoms with van der Waals surface area (Å²) < 4.78 is 0.653. The number of hydrogen-bond acceptors (Lipinski definition) is 3. The van der Waals surface area contributed by atoms with E-state index in [1.54, 1.807) is 12.1 Å². The van der Waals surface area contributed by atoms with E-state index in [-0.39, 0.29) is 16.3 Å². The molecule has 0 aliphatic rings. The highest BCUT2D eigenvalue weighted by Crippen LogP contribution is 2.35. The maximum atomic E-state index is 12.1. The normalized spacial score (nSPS) is 11.5. The van der Waals surface area contributed by atoms with Crippen molar-refractivity contribution < 1.29 is 4.79 Å². The van der Waals surface area contributed by atoms with Crippen molar-refractivity contribution in [3.05, 3.63) is 38.3 Å². The molecule has 0 radical (unpaired) electrons. The Morgan fingerprint density at radius 3 is 2.52 bits per heavy atom. The van der Waals surface area contributed by atoms with Crippen molar-refractivity contribution in [2.75, 3.05) is 5.32 Å². The van der Waals surface area contributed by atoms with Gasteiger partial charge in [-0.1, -0.05) is 44.0 Å². The van der Waals surface area contributed by atoms with E-state index in [0.717, 1.165) is 0 Å². The lowest BCUT2D eigenvalue weighted by molar-refractivity contribution is 0.101. The highest BCUT2D eigenvalue weighted by atomic mass is 79.9. The lowest BCUT2D eigenvalue weighted by Crippen LogP contribution is -2.16. The van der Waals surface area contributed by atoms with Gasteiger partial charge in [-0.2, -0.15) is 0 Å². The molecular formula is C13H13BrCl2N4O. The number of nitrogens with zero attached hydrogens (tertiary/aromatic N) is 2. The summed E-state index contributed by atoms with van der Waals surface area (Å²) in [5, 5.41) is 9.90. The molecule has 1 heterocycles. The lowest BCUT2D eigenvalue weighted by atomic mass is 9.96. The first-order valence-electron chi connectivity index (χ1n) is 6.08. The minimum Gasteiger partial charge on any atom is -0.318 e. The first kappa shape index (κ1) is 16.3. The van der Waals surface area contributed by atoms with Crippen LogP contribution in [0.2, 0.25) is 10.0 Å². The maximum Gasteiger partial charge on any atom is 0.295 e. The molecule has 0 saturated heterocycles. The highest BCUT2D eigenvalue weighted by molar-refractivity contribution is 9.10. The van der Waals surface area contributed by atoms with Crippen LogP contribution in [0.1, 0.15) is 37.2 Å². The number of carbonyl (C=O) groups is 1. The Morgan fingerprint density at radius 2 is 1.95 bits per heavy atom. The van der Waals surface area contributed by atoms with Crippen LogP contribution in [0.25, 0.3) is 0 Å². The maximum absolute atomic E-state index is 12.1. The molecule has 1 aromatic carbocycles. The summed E-state index contributed by atoms with van der Waals surface area (Å²) in [7, 11) is 0. The fraction of sp³-hybridized carbons (Fsp3) is 0.308. The predicted molar refractivity (Wildman–Crippen MR) is 87.2 cm³/mol. The van der Waals surface area contributed by atoms with Gasteiger partial charge in [0, 0.05) is 9.89 Å². The molecule has 21 heavy (non-hydrogen) atoms. The number of H-pyrrole nitrogens is 1. The van der Waals surface area contributed by atoms with E-state index in [1.807, 2.05) is 20.8 Å². The van der Waals surface area contributed by atoms with Crippen molar-refractivity contribution >= 4 is 50.7 Å². The van der Waals surface area contributed by atoms with Crippen LogP contribution < -0.4 is 5.32 Å². The number of amides is 1. The second-order valence-corrected chi connectivity index (χ2v) is 7.04. The Morgan fingerprint density at radius 1 is 1.29 bits per heavy atom. The topological polar surface area (TPSA) is 70.7 Å². The van der Waals surface area contributed by atoms with Crippen LogP contribution in [0, 0.1) is 0 Å². The molecule has 8 heteroatoms. The molecular weight excluding hydrogens is 379 g/mol. The molecule has 2 rings (SSSR count). The molecule has 1 aromatic heterocycles. The van der Waals surface area contributed by atoms with Crippen molar-refractivity contribution in [2.24, 2.45) is 0 Å². The predicted octanol–water partition coefficient (Wildman–Crippen LogP) is 4.42. The van der Waals surface area contributed by atoms with Crippen LogP contribution in [-0.4, -0.2) is 21.1 Å². The minimum absolute atomic E-state index is 0.0510. The number of halogens is 3. The fourth-order valence-electron chi connectivity index (χ4n) is 1.50. The van der Waals surface area contributed by atoms with Crippen molar-refractivity contribution in [3.63, 3.8) is 0 Å².